The number of amides is 1. The monoisotopic (exact) mass is 438 g/mol. The maximum absolute atomic E-state index is 12.4. The van der Waals surface area contributed by atoms with Gasteiger partial charge >= 0.3 is 0 Å². The van der Waals surface area contributed by atoms with E-state index >= 15 is 0 Å². The number of nitrogens with zero attached hydrogens (tertiary/aromatic N) is 6. The Hall–Kier alpha value is -3.20. The Morgan fingerprint density at radius 2 is 1.84 bits per heavy atom. The summed E-state index contributed by atoms with van der Waals surface area (Å²) in [6.45, 7) is 8.20. The molecule has 2 aromatic rings. The topological polar surface area (TPSA) is 89.0 Å². The van der Waals surface area contributed by atoms with Gasteiger partial charge in [0.25, 0.3) is 5.91 Å². The smallest absolute Gasteiger partial charge is 0.251 e. The van der Waals surface area contributed by atoms with Gasteiger partial charge in [-0.25, -0.2) is 15.0 Å². The van der Waals surface area contributed by atoms with Gasteiger partial charge in [0.15, 0.2) is 5.96 Å². The quantitative estimate of drug-likeness (QED) is 0.471. The molecule has 2 heterocycles. The molecule has 1 aromatic carbocycles. The fraction of sp³-hybridized carbons (Fsp3) is 0.478. The lowest BCUT2D eigenvalue weighted by atomic mass is 10.1. The highest BCUT2D eigenvalue weighted by molar-refractivity contribution is 5.94. The number of aromatic nitrogens is 2. The Morgan fingerprint density at radius 1 is 1.09 bits per heavy atom. The molecule has 0 unspecified atom stereocenters. The van der Waals surface area contributed by atoms with Crippen LogP contribution in [0.25, 0.3) is 0 Å². The van der Waals surface area contributed by atoms with Crippen molar-refractivity contribution in [1.82, 2.24) is 30.4 Å². The second-order valence-corrected chi connectivity index (χ2v) is 7.95. The maximum Gasteiger partial charge on any atom is 0.251 e. The molecule has 0 spiro atoms. The number of guanidine groups is 1. The molecule has 3 rings (SSSR count). The first-order valence-electron chi connectivity index (χ1n) is 11.1. The number of benzene rings is 1. The van der Waals surface area contributed by atoms with Crippen LogP contribution < -0.4 is 15.5 Å². The summed E-state index contributed by atoms with van der Waals surface area (Å²) in [7, 11) is 3.98. The van der Waals surface area contributed by atoms with Crippen LogP contribution in [-0.2, 0) is 6.54 Å². The van der Waals surface area contributed by atoms with Crippen LogP contribution in [0.2, 0.25) is 0 Å². The lowest BCUT2D eigenvalue weighted by Gasteiger charge is -2.36. The fourth-order valence-corrected chi connectivity index (χ4v) is 3.47. The molecular formula is C23H34N8O. The van der Waals surface area contributed by atoms with Crippen molar-refractivity contribution >= 4 is 17.8 Å². The van der Waals surface area contributed by atoms with Crippen LogP contribution in [0.4, 0.5) is 5.95 Å². The van der Waals surface area contributed by atoms with Gasteiger partial charge in [0.05, 0.1) is 6.54 Å². The molecule has 0 bridgehead atoms. The maximum atomic E-state index is 12.4. The van der Waals surface area contributed by atoms with Crippen molar-refractivity contribution in [2.75, 3.05) is 64.8 Å². The number of nitrogens with one attached hydrogen (secondary N) is 2. The molecule has 9 heteroatoms. The molecule has 1 saturated heterocycles. The summed E-state index contributed by atoms with van der Waals surface area (Å²) in [5.41, 5.74) is 1.68. The molecule has 9 nitrogen and oxygen atoms in total. The van der Waals surface area contributed by atoms with Crippen molar-refractivity contribution < 1.29 is 4.79 Å². The zero-order valence-electron chi connectivity index (χ0n) is 19.3. The van der Waals surface area contributed by atoms with E-state index in [9.17, 15) is 4.79 Å². The molecule has 32 heavy (non-hydrogen) atoms. The Labute approximate surface area is 190 Å². The van der Waals surface area contributed by atoms with Crippen LogP contribution in [0.1, 0.15) is 22.8 Å². The Balaban J connectivity index is 1.59. The number of rotatable bonds is 8. The Kier molecular flexibility index (Phi) is 8.79. The molecule has 1 aliphatic rings. The molecule has 0 saturated carbocycles. The van der Waals surface area contributed by atoms with Gasteiger partial charge in [-0.3, -0.25) is 4.79 Å². The Morgan fingerprint density at radius 3 is 2.53 bits per heavy atom. The predicted molar refractivity (Wildman–Crippen MR) is 128 cm³/mol. The van der Waals surface area contributed by atoms with Crippen LogP contribution in [-0.4, -0.2) is 91.5 Å². The van der Waals surface area contributed by atoms with Crippen LogP contribution in [0.3, 0.4) is 0 Å². The lowest BCUT2D eigenvalue weighted by molar-refractivity contribution is 0.0951. The molecule has 0 radical (unpaired) electrons. The highest BCUT2D eigenvalue weighted by Crippen LogP contribution is 2.11. The van der Waals surface area contributed by atoms with Gasteiger partial charge < -0.3 is 25.3 Å². The third-order valence-electron chi connectivity index (χ3n) is 5.19. The van der Waals surface area contributed by atoms with E-state index in [0.717, 1.165) is 56.7 Å². The van der Waals surface area contributed by atoms with Crippen molar-refractivity contribution in [2.24, 2.45) is 4.99 Å². The van der Waals surface area contributed by atoms with E-state index < -0.39 is 0 Å². The number of hydrogen-bond acceptors (Lipinski definition) is 6. The van der Waals surface area contributed by atoms with Crippen LogP contribution in [0, 0.1) is 0 Å². The summed E-state index contributed by atoms with van der Waals surface area (Å²) in [4.78, 5) is 32.4. The zero-order chi connectivity index (χ0) is 22.8. The summed E-state index contributed by atoms with van der Waals surface area (Å²) >= 11 is 0. The van der Waals surface area contributed by atoms with E-state index in [2.05, 4.69) is 37.3 Å². The summed E-state index contributed by atoms with van der Waals surface area (Å²) in [6, 6.07) is 9.51. The van der Waals surface area contributed by atoms with Gasteiger partial charge in [0.2, 0.25) is 5.95 Å². The van der Waals surface area contributed by atoms with Gasteiger partial charge in [0, 0.05) is 63.8 Å². The second-order valence-electron chi connectivity index (χ2n) is 7.95. The highest BCUT2D eigenvalue weighted by atomic mass is 16.1. The van der Waals surface area contributed by atoms with E-state index in [1.165, 1.54) is 0 Å². The van der Waals surface area contributed by atoms with Crippen LogP contribution in [0.5, 0.6) is 0 Å². The van der Waals surface area contributed by atoms with Gasteiger partial charge in [-0.2, -0.15) is 0 Å². The average Bonchev–Trinajstić information content (AvgIpc) is 2.82. The van der Waals surface area contributed by atoms with Gasteiger partial charge in [0.1, 0.15) is 0 Å². The third-order valence-corrected chi connectivity index (χ3v) is 5.19. The van der Waals surface area contributed by atoms with Gasteiger partial charge in [-0.05, 0) is 44.8 Å². The summed E-state index contributed by atoms with van der Waals surface area (Å²) in [6.07, 6.45) is 3.55. The molecule has 0 atom stereocenters. The minimum Gasteiger partial charge on any atom is -0.357 e. The van der Waals surface area contributed by atoms with E-state index in [1.807, 2.05) is 49.3 Å². The summed E-state index contributed by atoms with van der Waals surface area (Å²) in [5, 5.41) is 6.36. The molecular weight excluding hydrogens is 404 g/mol. The van der Waals surface area contributed by atoms with E-state index in [4.69, 9.17) is 4.99 Å². The van der Waals surface area contributed by atoms with E-state index in [1.54, 1.807) is 12.4 Å². The summed E-state index contributed by atoms with van der Waals surface area (Å²) < 4.78 is 0. The molecule has 0 aliphatic carbocycles. The minimum atomic E-state index is -0.0520. The SMILES string of the molecule is CCNC(=NCc1cccc(C(=O)NCCN(C)C)c1)N1CCN(c2ncccn2)CC1. The zero-order valence-corrected chi connectivity index (χ0v) is 19.3. The van der Waals surface area contributed by atoms with Gasteiger partial charge in [-0.15, -0.1) is 0 Å². The number of aliphatic imine (C=N–C) groups is 1. The largest absolute Gasteiger partial charge is 0.357 e. The number of hydrogen-bond donors (Lipinski definition) is 2. The number of piperazine rings is 1. The standard InChI is InChI=1S/C23H34N8O/c1-4-24-22(30-13-15-31(16-14-30)23-26-9-6-10-27-23)28-18-19-7-5-8-20(17-19)21(32)25-11-12-29(2)3/h5-10,17H,4,11-16,18H2,1-3H3,(H,24,28)(H,25,32). The molecule has 1 amide bonds. The van der Waals surface area contributed by atoms with E-state index in [0.29, 0.717) is 18.7 Å². The third kappa shape index (κ3) is 6.91. The average molecular weight is 439 g/mol. The van der Waals surface area contributed by atoms with Crippen molar-refractivity contribution in [3.8, 4) is 0 Å². The first-order chi connectivity index (χ1) is 15.6. The number of carbonyl (C=O) groups is 1. The number of carbonyl (C=O) groups excluding carboxylic acids is 1. The molecule has 1 fully saturated rings. The number of likely N-dealkylation sites (N-methyl/N-ethyl adjacent to an activating group) is 1. The van der Waals surface area contributed by atoms with E-state index in [-0.39, 0.29) is 5.91 Å². The van der Waals surface area contributed by atoms with Crippen LogP contribution in [0.15, 0.2) is 47.7 Å². The molecule has 172 valence electrons. The normalized spacial score (nSPS) is 14.6. The fourth-order valence-electron chi connectivity index (χ4n) is 3.47. The molecule has 1 aliphatic heterocycles. The first-order valence-corrected chi connectivity index (χ1v) is 11.1. The first kappa shape index (κ1) is 23.5. The van der Waals surface area contributed by atoms with Crippen LogP contribution >= 0.6 is 0 Å². The number of anilines is 1. The lowest BCUT2D eigenvalue weighted by Crippen LogP contribution is -2.52. The molecule has 2 N–H and O–H groups in total. The summed E-state index contributed by atoms with van der Waals surface area (Å²) in [5.74, 6) is 1.61. The van der Waals surface area contributed by atoms with Crippen molar-refractivity contribution in [3.63, 3.8) is 0 Å². The van der Waals surface area contributed by atoms with Gasteiger partial charge in [-0.1, -0.05) is 12.1 Å². The highest BCUT2D eigenvalue weighted by Gasteiger charge is 2.21. The van der Waals surface area contributed by atoms with Crippen molar-refractivity contribution in [1.29, 1.82) is 0 Å². The second kappa shape index (κ2) is 12.0. The van der Waals surface area contributed by atoms with Crippen molar-refractivity contribution in [2.45, 2.75) is 13.5 Å². The predicted octanol–water partition coefficient (Wildman–Crippen LogP) is 1.06. The molecule has 1 aromatic heterocycles. The minimum absolute atomic E-state index is 0.0520. The Bertz CT molecular complexity index is 879. The van der Waals surface area contributed by atoms with Crippen molar-refractivity contribution in [3.05, 3.63) is 53.9 Å².